The van der Waals surface area contributed by atoms with E-state index in [0.717, 1.165) is 38.6 Å². The Morgan fingerprint density at radius 1 is 0.525 bits per heavy atom. The number of fused-ring (bicyclic) bond motifs is 2. The van der Waals surface area contributed by atoms with Gasteiger partial charge in [0.15, 0.2) is 5.96 Å². The van der Waals surface area contributed by atoms with Gasteiger partial charge in [-0.05, 0) is 171 Å². The van der Waals surface area contributed by atoms with E-state index in [1.165, 1.54) is 24.2 Å². The van der Waals surface area contributed by atoms with Crippen molar-refractivity contribution in [2.45, 2.75) is 191 Å². The van der Waals surface area contributed by atoms with Crippen molar-refractivity contribution < 1.29 is 57.8 Å². The number of carbonyl (C=O) groups is 11. The molecular formula is C87H111ClN20O12. The van der Waals surface area contributed by atoms with Gasteiger partial charge in [-0.3, -0.25) is 72.7 Å². The number of nitrogens with one attached hydrogen (secondary N) is 12. The van der Waals surface area contributed by atoms with Crippen LogP contribution in [0.5, 0.6) is 0 Å². The lowest BCUT2D eigenvalue weighted by Crippen LogP contribution is -2.61. The lowest BCUT2D eigenvalue weighted by molar-refractivity contribution is -0.142. The first kappa shape index (κ1) is 91.6. The number of carbonyl (C=O) groups excluding carboxylic acids is 11. The molecule has 4 aromatic carbocycles. The van der Waals surface area contributed by atoms with E-state index in [0.29, 0.717) is 86.4 Å². The number of H-pyrrole nitrogens is 1. The molecule has 0 bridgehead atoms. The van der Waals surface area contributed by atoms with Crippen LogP contribution in [0, 0.1) is 5.92 Å². The molecule has 120 heavy (non-hydrogen) atoms. The summed E-state index contributed by atoms with van der Waals surface area (Å²) in [6.07, 6.45) is 10.4. The zero-order valence-corrected chi connectivity index (χ0v) is 68.6. The quantitative estimate of drug-likeness (QED) is 0.0148. The number of aromatic amines is 1. The number of benzene rings is 4. The van der Waals surface area contributed by atoms with Crippen molar-refractivity contribution in [1.29, 1.82) is 0 Å². The molecule has 638 valence electrons. The molecule has 0 spiro atoms. The van der Waals surface area contributed by atoms with Gasteiger partial charge >= 0.3 is 0 Å². The summed E-state index contributed by atoms with van der Waals surface area (Å²) in [5.74, 6) is -8.84. The van der Waals surface area contributed by atoms with Crippen LogP contribution in [-0.2, 0) is 91.5 Å². The first-order chi connectivity index (χ1) is 57.9. The van der Waals surface area contributed by atoms with E-state index in [1.54, 1.807) is 61.1 Å². The van der Waals surface area contributed by atoms with E-state index in [4.69, 9.17) is 28.8 Å². The van der Waals surface area contributed by atoms with Crippen LogP contribution in [0.1, 0.15) is 125 Å². The van der Waals surface area contributed by atoms with Crippen molar-refractivity contribution in [3.05, 3.63) is 209 Å². The van der Waals surface area contributed by atoms with Crippen molar-refractivity contribution in [2.75, 3.05) is 32.8 Å². The minimum absolute atomic E-state index is 0.00867. The Labute approximate surface area is 702 Å². The van der Waals surface area contributed by atoms with Crippen LogP contribution in [0.15, 0.2) is 176 Å². The number of para-hydroxylation sites is 1. The second-order valence-corrected chi connectivity index (χ2v) is 30.9. The second-order valence-electron chi connectivity index (χ2n) is 30.4. The van der Waals surface area contributed by atoms with Gasteiger partial charge in [0.05, 0.1) is 18.0 Å². The lowest BCUT2D eigenvalue weighted by atomic mass is 9.99. The number of pyridine rings is 3. The Morgan fingerprint density at radius 3 is 1.63 bits per heavy atom. The molecule has 4 aromatic heterocycles. The zero-order chi connectivity index (χ0) is 85.9. The first-order valence-electron chi connectivity index (χ1n) is 40.7. The standard InChI is InChI=1S/C87H111ClN20O12/c1-54(2)43-70(80(114)106-74(48-61-50-98-66-25-7-6-24-65(61)66)86(120)108-42-18-29-76(108)85(119)100-67(77(89)111)28-17-41-97-87(90)91)103-79(113)69(27-11-13-37-94-52-64-23-9-15-40-96-64)101-78(112)68(26-10-12-36-93-51-63-22-8-14-39-95-63)102-84(118)75(53-109)107-83(117)73(47-58-19-16-38-92-49-58)105-82(116)72(45-56-31-34-62(88)35-32-56)104-81(115)71(99-55(3)110)46-57-30-33-59-20-4-5-21-60(59)44-57/h4-9,14-16,19-25,30-35,38-40,44,49-50,54,67-76,93-94,98,109H,10-13,17-18,26-29,36-37,41-43,45-48,51-53H2,1-3H3,(H2,89,111)(H,99,110)(H,100,119)(H,101,112)(H,102,118)(H,103,113)(H,104,115)(H,105,116)(H,106,114)(H,107,117)(H4,90,91,97)/t67-,68+,69-,70+,71-,72-,73-,74+,75+,76-/m1/s1. The fraction of sp³-hybridized carbons (Fsp3) is 0.414. The smallest absolute Gasteiger partial charge is 0.246 e. The number of aliphatic imine (C=N–C) groups is 1. The SMILES string of the molecule is CC(=O)N[C@H](Cc1ccc2ccccc2c1)C(=O)N[C@H](Cc1ccc(Cl)cc1)C(=O)N[C@H](Cc1cccnc1)C(=O)N[C@@H](CO)C(=O)N[C@@H](CCCCNCc1ccccn1)C(=O)N[C@H](CCCCNCc1ccccn1)C(=O)N[C@@H](CC(C)C)C(=O)N[C@@H](Cc1c[nH]c2ccccc12)C(=O)N1CCC[C@@H]1C(=O)N[C@H](CCCN=C(N)N)C(N)=O. The van der Waals surface area contributed by atoms with Gasteiger partial charge < -0.3 is 90.7 Å². The minimum Gasteiger partial charge on any atom is -0.394 e. The monoisotopic (exact) mass is 1660 g/mol. The number of primary amides is 1. The van der Waals surface area contributed by atoms with Crippen LogP contribution in [0.2, 0.25) is 5.02 Å². The Morgan fingerprint density at radius 2 is 1.05 bits per heavy atom. The van der Waals surface area contributed by atoms with Crippen molar-refractivity contribution >= 4 is 104 Å². The van der Waals surface area contributed by atoms with Gasteiger partial charge in [0.2, 0.25) is 65.0 Å². The van der Waals surface area contributed by atoms with Gasteiger partial charge in [0.1, 0.15) is 60.4 Å². The number of aliphatic hydroxyl groups is 1. The molecule has 33 heteroatoms. The fourth-order valence-corrected chi connectivity index (χ4v) is 14.5. The summed E-state index contributed by atoms with van der Waals surface area (Å²) in [6, 6.07) is 28.1. The number of unbranched alkanes of at least 4 members (excludes halogenated alkanes) is 2. The molecule has 0 unspecified atom stereocenters. The number of hydrogen-bond donors (Lipinski definition) is 16. The number of nitrogens with two attached hydrogens (primary N) is 3. The number of guanidine groups is 1. The number of halogens is 1. The molecule has 8 aromatic rings. The van der Waals surface area contributed by atoms with Gasteiger partial charge in [-0.2, -0.15) is 0 Å². The minimum atomic E-state index is -1.78. The summed E-state index contributed by atoms with van der Waals surface area (Å²) >= 11 is 6.29. The molecule has 1 fully saturated rings. The van der Waals surface area contributed by atoms with Crippen LogP contribution in [-0.4, -0.2) is 194 Å². The summed E-state index contributed by atoms with van der Waals surface area (Å²) < 4.78 is 0. The van der Waals surface area contributed by atoms with Crippen LogP contribution in [0.25, 0.3) is 21.7 Å². The van der Waals surface area contributed by atoms with Crippen LogP contribution in [0.4, 0.5) is 0 Å². The predicted octanol–water partition coefficient (Wildman–Crippen LogP) is 3.30. The largest absolute Gasteiger partial charge is 0.394 e. The van der Waals surface area contributed by atoms with E-state index in [2.05, 4.69) is 83.4 Å². The van der Waals surface area contributed by atoms with E-state index >= 15 is 19.2 Å². The number of likely N-dealkylation sites (tertiary alicyclic amines) is 1. The number of aromatic nitrogens is 4. The molecule has 1 aliphatic heterocycles. The Kier molecular flexibility index (Phi) is 36.2. The highest BCUT2D eigenvalue weighted by molar-refractivity contribution is 6.30. The van der Waals surface area contributed by atoms with Crippen molar-refractivity contribution in [3.8, 4) is 0 Å². The van der Waals surface area contributed by atoms with Gasteiger partial charge in [-0.25, -0.2) is 0 Å². The Bertz CT molecular complexity index is 4750. The molecule has 10 atom stereocenters. The predicted molar refractivity (Wildman–Crippen MR) is 456 cm³/mol. The van der Waals surface area contributed by atoms with E-state index in [9.17, 15) is 38.7 Å². The molecule has 0 saturated carbocycles. The maximum Gasteiger partial charge on any atom is 0.246 e. The molecule has 11 amide bonds. The average Bonchev–Trinajstić information content (AvgIpc) is 1.62. The van der Waals surface area contributed by atoms with E-state index in [1.807, 2.05) is 111 Å². The maximum atomic E-state index is 15.3. The molecular weight excluding hydrogens is 1550 g/mol. The Hall–Kier alpha value is -12.3. The highest BCUT2D eigenvalue weighted by Crippen LogP contribution is 2.25. The Balaban J connectivity index is 0.962. The maximum absolute atomic E-state index is 15.3. The summed E-state index contributed by atoms with van der Waals surface area (Å²) in [5, 5.41) is 46.0. The summed E-state index contributed by atoms with van der Waals surface area (Å²) in [4.78, 5) is 182. The summed E-state index contributed by atoms with van der Waals surface area (Å²) in [6.45, 7) is 6.02. The third-order valence-corrected chi connectivity index (χ3v) is 20.8. The number of amides is 11. The van der Waals surface area contributed by atoms with Gasteiger partial charge in [0, 0.05) is 106 Å². The third-order valence-electron chi connectivity index (χ3n) is 20.6. The van der Waals surface area contributed by atoms with E-state index in [-0.39, 0.29) is 82.8 Å². The highest BCUT2D eigenvalue weighted by Gasteiger charge is 2.41. The highest BCUT2D eigenvalue weighted by atomic mass is 35.5. The number of rotatable bonds is 48. The number of hydrogen-bond acceptors (Lipinski definition) is 18. The van der Waals surface area contributed by atoms with Crippen molar-refractivity contribution in [3.63, 3.8) is 0 Å². The molecule has 9 rings (SSSR count). The normalized spacial score (nSPS) is 14.8. The topological polar surface area (TPSA) is 488 Å². The van der Waals surface area contributed by atoms with E-state index < -0.39 is 132 Å². The molecule has 1 aliphatic rings. The molecule has 5 heterocycles. The van der Waals surface area contributed by atoms with Crippen LogP contribution in [0.3, 0.4) is 0 Å². The first-order valence-corrected chi connectivity index (χ1v) is 41.1. The van der Waals surface area contributed by atoms with Gasteiger partial charge in [-0.1, -0.05) is 116 Å². The van der Waals surface area contributed by atoms with Crippen LogP contribution < -0.4 is 75.7 Å². The number of aliphatic hydroxyl groups excluding tert-OH is 1. The molecule has 19 N–H and O–H groups in total. The zero-order valence-electron chi connectivity index (χ0n) is 67.9. The fourth-order valence-electron chi connectivity index (χ4n) is 14.3. The third kappa shape index (κ3) is 29.4. The number of nitrogens with zero attached hydrogens (tertiary/aromatic N) is 5. The van der Waals surface area contributed by atoms with Gasteiger partial charge in [-0.15, -0.1) is 0 Å². The van der Waals surface area contributed by atoms with Crippen molar-refractivity contribution in [1.82, 2.24) is 83.3 Å². The van der Waals surface area contributed by atoms with Crippen LogP contribution >= 0.6 is 11.6 Å². The van der Waals surface area contributed by atoms with Crippen molar-refractivity contribution in [2.24, 2.45) is 28.1 Å². The van der Waals surface area contributed by atoms with Gasteiger partial charge in [0.25, 0.3) is 0 Å². The molecule has 1 saturated heterocycles. The molecule has 0 radical (unpaired) electrons. The second kappa shape index (κ2) is 47.4. The summed E-state index contributed by atoms with van der Waals surface area (Å²) in [5.41, 5.74) is 21.5. The lowest BCUT2D eigenvalue weighted by Gasteiger charge is -2.31. The average molecular weight is 1660 g/mol. The summed E-state index contributed by atoms with van der Waals surface area (Å²) in [7, 11) is 0. The molecule has 32 nitrogen and oxygen atoms in total. The molecule has 0 aliphatic carbocycles.